The molecule has 4 aliphatic rings. The van der Waals surface area contributed by atoms with Crippen LogP contribution < -0.4 is 56.5 Å². The predicted molar refractivity (Wildman–Crippen MR) is 149 cm³/mol. The van der Waals surface area contributed by atoms with Gasteiger partial charge in [0.1, 0.15) is 6.10 Å². The Hall–Kier alpha value is -1.39. The molecule has 0 aromatic carbocycles. The van der Waals surface area contributed by atoms with Crippen LogP contribution in [0, 0.1) is 39.9 Å². The van der Waals surface area contributed by atoms with E-state index in [2.05, 4.69) is 0 Å². The molecule has 8 nitrogen and oxygen atoms in total. The number of Topliss-reactive ketones (excluding diaryl/α,β-unsaturated/α-hetero) is 1. The maximum Gasteiger partial charge on any atom is 1.00 e. The van der Waals surface area contributed by atoms with Crippen molar-refractivity contribution in [1.29, 1.82) is 0 Å². The van der Waals surface area contributed by atoms with Gasteiger partial charge >= 0.3 is 63.3 Å². The van der Waals surface area contributed by atoms with Gasteiger partial charge in [-0.15, -0.1) is 0 Å². The molecule has 0 heterocycles. The fourth-order valence-corrected chi connectivity index (χ4v) is 9.18. The quantitative estimate of drug-likeness (QED) is 0.190. The molecule has 0 radical (unpaired) electrons. The summed E-state index contributed by atoms with van der Waals surface area (Å²) in [5.41, 5.74) is -0.780. The number of esters is 2. The molecule has 0 unspecified atom stereocenters. The zero-order valence-corrected chi connectivity index (χ0v) is 29.6. The van der Waals surface area contributed by atoms with Crippen molar-refractivity contribution in [1.82, 2.24) is 0 Å². The minimum absolute atomic E-state index is 0. The van der Waals surface area contributed by atoms with E-state index in [1.807, 2.05) is 46.8 Å². The second-order valence-electron chi connectivity index (χ2n) is 13.5. The van der Waals surface area contributed by atoms with Gasteiger partial charge < -0.3 is 19.4 Å². The largest absolute Gasteiger partial charge is 1.00 e. The van der Waals surface area contributed by atoms with Gasteiger partial charge in [0.2, 0.25) is 0 Å². The Bertz CT molecular complexity index is 1270. The van der Waals surface area contributed by atoms with E-state index in [9.17, 15) is 29.1 Å². The van der Waals surface area contributed by atoms with E-state index >= 15 is 0 Å². The molecule has 0 aliphatic heterocycles. The van der Waals surface area contributed by atoms with E-state index in [-0.39, 0.29) is 93.2 Å². The van der Waals surface area contributed by atoms with Crippen molar-refractivity contribution >= 4 is 29.5 Å². The third-order valence-electron chi connectivity index (χ3n) is 11.0. The summed E-state index contributed by atoms with van der Waals surface area (Å²) in [5, 5.41) is 12.6. The van der Waals surface area contributed by atoms with Gasteiger partial charge in [0.25, 0.3) is 0 Å². The monoisotopic (exact) mass is 606 g/mol. The Morgan fingerprint density at radius 2 is 1.64 bits per heavy atom. The van der Waals surface area contributed by atoms with Gasteiger partial charge in [0.15, 0.2) is 17.7 Å². The third kappa shape index (κ3) is 5.50. The van der Waals surface area contributed by atoms with Gasteiger partial charge in [0, 0.05) is 31.1 Å². The van der Waals surface area contributed by atoms with Crippen LogP contribution in [0.2, 0.25) is 0 Å². The number of rotatable bonds is 6. The molecule has 4 rings (SSSR count). The number of carboxylic acid groups (broad SMARTS) is 1. The number of fused-ring (bicyclic) bond motifs is 5. The number of aliphatic carboxylic acids is 1. The number of hydrogen-bond acceptors (Lipinski definition) is 8. The van der Waals surface area contributed by atoms with Crippen LogP contribution in [0.3, 0.4) is 0 Å². The van der Waals surface area contributed by atoms with Crippen molar-refractivity contribution in [3.05, 3.63) is 34.9 Å². The molecular weight excluding hydrogens is 563 g/mol. The predicted octanol–water partition coefficient (Wildman–Crippen LogP) is 1.07. The van der Waals surface area contributed by atoms with E-state index in [4.69, 9.17) is 9.47 Å². The van der Waals surface area contributed by atoms with Crippen molar-refractivity contribution < 1.29 is 89.9 Å². The molecule has 224 valence electrons. The summed E-state index contributed by atoms with van der Waals surface area (Å²) in [5.74, 6) is -4.36. The Labute approximate surface area is 291 Å². The van der Waals surface area contributed by atoms with Gasteiger partial charge in [-0.05, 0) is 85.8 Å². The van der Waals surface area contributed by atoms with Gasteiger partial charge in [-0.1, -0.05) is 45.4 Å². The average Bonchev–Trinajstić information content (AvgIpc) is 3.14. The van der Waals surface area contributed by atoms with Gasteiger partial charge in [0.05, 0.1) is 5.97 Å². The SMILES string of the molecule is CC(=O)O[C@H]1C[C@@]2(C)[C@@H](CC[C@H]3[C@@]4(C)C=CC(=O)[C@@H](C)[C@@H]4[C@H](OC(C)=O)C(=O)[C@@]32C)/C1=C(/CCC=C(C)C)C(=O)[O-].[K+]. The third-order valence-corrected chi connectivity index (χ3v) is 11.0. The van der Waals surface area contributed by atoms with Crippen LogP contribution in [0.25, 0.3) is 0 Å². The molecule has 0 spiro atoms. The number of hydrogen-bond donors (Lipinski definition) is 0. The normalized spacial score (nSPS) is 39.6. The minimum atomic E-state index is -1.29. The van der Waals surface area contributed by atoms with E-state index in [1.165, 1.54) is 13.8 Å². The van der Waals surface area contributed by atoms with E-state index in [1.54, 1.807) is 13.0 Å². The number of allylic oxidation sites excluding steroid dienone is 4. The summed E-state index contributed by atoms with van der Waals surface area (Å²) in [6.45, 7) is 14.2. The van der Waals surface area contributed by atoms with Crippen LogP contribution in [-0.4, -0.2) is 41.7 Å². The molecule has 0 N–H and O–H groups in total. The molecule has 0 bridgehead atoms. The number of ketones is 2. The zero-order valence-electron chi connectivity index (χ0n) is 26.5. The summed E-state index contributed by atoms with van der Waals surface area (Å²) in [4.78, 5) is 64.7. The van der Waals surface area contributed by atoms with Gasteiger partial charge in [-0.25, -0.2) is 0 Å². The fraction of sp³-hybridized carbons (Fsp3) is 0.667. The first-order valence-electron chi connectivity index (χ1n) is 14.7. The summed E-state index contributed by atoms with van der Waals surface area (Å²) in [6, 6.07) is 0. The topological polar surface area (TPSA) is 127 Å². The number of carboxylic acids is 1. The molecule has 42 heavy (non-hydrogen) atoms. The molecule has 9 heteroatoms. The summed E-state index contributed by atoms with van der Waals surface area (Å²) in [6.07, 6.45) is 5.68. The van der Waals surface area contributed by atoms with Crippen LogP contribution in [-0.2, 0) is 33.4 Å². The minimum Gasteiger partial charge on any atom is -0.545 e. The van der Waals surface area contributed by atoms with Crippen LogP contribution in [0.4, 0.5) is 0 Å². The summed E-state index contributed by atoms with van der Waals surface area (Å²) in [7, 11) is 0. The first-order chi connectivity index (χ1) is 19.0. The van der Waals surface area contributed by atoms with Crippen LogP contribution >= 0.6 is 0 Å². The standard InChI is InChI=1S/C33H44O8.K/c1-17(2)10-9-11-21(30(38)39)26-22-12-13-25-31(6)15-14-23(36)18(3)27(31)28(41-20(5)35)29(37)33(25,8)32(22,7)16-24(26)40-19(4)34;/h10,14-15,18,22,24-25,27-28H,9,11-13,16H2,1-8H3,(H,38,39);/q;+1/p-1/b26-21+;/t18-,22+,24+,25+,27-,28+,31-,32+,33-;/m1./s1. The van der Waals surface area contributed by atoms with E-state index < -0.39 is 58.2 Å². The Morgan fingerprint density at radius 3 is 2.19 bits per heavy atom. The molecule has 4 aliphatic carbocycles. The first kappa shape index (κ1) is 35.1. The Balaban J connectivity index is 0.00000484. The average molecular weight is 607 g/mol. The second kappa shape index (κ2) is 12.5. The van der Waals surface area contributed by atoms with Crippen molar-refractivity contribution in [2.45, 2.75) is 99.7 Å². The molecule has 3 saturated carbocycles. The maximum absolute atomic E-state index is 14.7. The van der Waals surface area contributed by atoms with Crippen LogP contribution in [0.5, 0.6) is 0 Å². The molecule has 0 aromatic rings. The van der Waals surface area contributed by atoms with Crippen molar-refractivity contribution in [2.75, 3.05) is 0 Å². The number of ether oxygens (including phenoxy) is 2. The maximum atomic E-state index is 14.7. The second-order valence-corrected chi connectivity index (χ2v) is 13.5. The molecule has 0 aromatic heterocycles. The molecule has 0 amide bonds. The first-order valence-corrected chi connectivity index (χ1v) is 14.7. The smallest absolute Gasteiger partial charge is 0.545 e. The summed E-state index contributed by atoms with van der Waals surface area (Å²) < 4.78 is 11.6. The molecule has 9 atom stereocenters. The number of carbonyl (C=O) groups is 5. The van der Waals surface area contributed by atoms with Crippen molar-refractivity contribution in [3.8, 4) is 0 Å². The van der Waals surface area contributed by atoms with Crippen molar-refractivity contribution in [3.63, 3.8) is 0 Å². The van der Waals surface area contributed by atoms with E-state index in [0.29, 0.717) is 24.8 Å². The van der Waals surface area contributed by atoms with Crippen LogP contribution in [0.1, 0.15) is 87.5 Å². The Morgan fingerprint density at radius 1 is 1.02 bits per heavy atom. The summed E-state index contributed by atoms with van der Waals surface area (Å²) >= 11 is 0. The van der Waals surface area contributed by atoms with Crippen molar-refractivity contribution in [2.24, 2.45) is 39.9 Å². The molecule has 3 fully saturated rings. The molecular formula is C33H43KO8. The fourth-order valence-electron chi connectivity index (χ4n) is 9.18. The van der Waals surface area contributed by atoms with Crippen LogP contribution in [0.15, 0.2) is 34.9 Å². The number of carbonyl (C=O) groups excluding carboxylic acids is 5. The molecule has 0 saturated heterocycles. The van der Waals surface area contributed by atoms with Gasteiger partial charge in [-0.3, -0.25) is 19.2 Å². The Kier molecular flexibility index (Phi) is 10.5. The zero-order chi connectivity index (χ0) is 30.7. The van der Waals surface area contributed by atoms with Gasteiger partial charge in [-0.2, -0.15) is 0 Å². The van der Waals surface area contributed by atoms with E-state index in [0.717, 1.165) is 5.57 Å².